The Morgan fingerprint density at radius 1 is 1.44 bits per heavy atom. The zero-order chi connectivity index (χ0) is 6.69. The van der Waals surface area contributed by atoms with Gasteiger partial charge in [-0.15, -0.1) is 0 Å². The zero-order valence-electron chi connectivity index (χ0n) is 6.07. The van der Waals surface area contributed by atoms with Gasteiger partial charge in [-0.25, -0.2) is 0 Å². The van der Waals surface area contributed by atoms with E-state index in [1.54, 1.807) is 0 Å². The highest BCUT2D eigenvalue weighted by atomic mass is 79.9. The van der Waals surface area contributed by atoms with E-state index in [1.807, 2.05) is 0 Å². The van der Waals surface area contributed by atoms with Gasteiger partial charge in [0.1, 0.15) is 0 Å². The Morgan fingerprint density at radius 3 is 2.67 bits per heavy atom. The lowest BCUT2D eigenvalue weighted by atomic mass is 9.96. The molecule has 2 atom stereocenters. The molecule has 0 spiro atoms. The maximum atomic E-state index is 3.49. The van der Waals surface area contributed by atoms with Crippen LogP contribution < -0.4 is 0 Å². The molecule has 0 heterocycles. The van der Waals surface area contributed by atoms with E-state index in [0.717, 1.165) is 11.8 Å². The summed E-state index contributed by atoms with van der Waals surface area (Å²) in [7, 11) is 0. The second kappa shape index (κ2) is 3.60. The molecule has 1 aliphatic rings. The van der Waals surface area contributed by atoms with Crippen LogP contribution in [-0.2, 0) is 0 Å². The first-order valence-corrected chi connectivity index (χ1v) is 5.02. The molecule has 1 heteroatoms. The molecule has 54 valence electrons. The van der Waals surface area contributed by atoms with Crippen LogP contribution in [0.2, 0.25) is 0 Å². The monoisotopic (exact) mass is 190 g/mol. The molecule has 0 N–H and O–H groups in total. The topological polar surface area (TPSA) is 0 Å². The maximum Gasteiger partial charge on any atom is 0.00340 e. The number of rotatable bonds is 2. The minimum Gasteiger partial charge on any atom is -0.0928 e. The Kier molecular flexibility index (Phi) is 3.03. The highest BCUT2D eigenvalue weighted by molar-refractivity contribution is 9.09. The zero-order valence-corrected chi connectivity index (χ0v) is 7.65. The summed E-state index contributed by atoms with van der Waals surface area (Å²) in [5.41, 5.74) is 0. The smallest absolute Gasteiger partial charge is 0.00340 e. The first-order chi connectivity index (χ1) is 4.34. The van der Waals surface area contributed by atoms with E-state index in [2.05, 4.69) is 22.9 Å². The Bertz CT molecular complexity index is 80.6. The van der Waals surface area contributed by atoms with Gasteiger partial charge in [-0.2, -0.15) is 0 Å². The van der Waals surface area contributed by atoms with Crippen LogP contribution in [0.1, 0.15) is 32.6 Å². The molecule has 0 amide bonds. The molecule has 1 aliphatic carbocycles. The van der Waals surface area contributed by atoms with Gasteiger partial charge in [0.2, 0.25) is 0 Å². The van der Waals surface area contributed by atoms with Crippen LogP contribution in [0.4, 0.5) is 0 Å². The Morgan fingerprint density at radius 2 is 2.22 bits per heavy atom. The van der Waals surface area contributed by atoms with Crippen LogP contribution in [0, 0.1) is 11.8 Å². The van der Waals surface area contributed by atoms with Gasteiger partial charge in [0.25, 0.3) is 0 Å². The molecule has 9 heavy (non-hydrogen) atoms. The second-order valence-electron chi connectivity index (χ2n) is 3.15. The lowest BCUT2D eigenvalue weighted by Gasteiger charge is -2.11. The summed E-state index contributed by atoms with van der Waals surface area (Å²) in [5, 5.41) is 1.20. The van der Waals surface area contributed by atoms with E-state index in [1.165, 1.54) is 31.0 Å². The molecular formula is C8H15Br. The molecule has 0 bridgehead atoms. The molecular weight excluding hydrogens is 176 g/mol. The number of hydrogen-bond donors (Lipinski definition) is 0. The third-order valence-electron chi connectivity index (χ3n) is 2.52. The molecule has 0 radical (unpaired) electrons. The molecule has 0 nitrogen and oxygen atoms in total. The third-order valence-corrected chi connectivity index (χ3v) is 2.98. The van der Waals surface area contributed by atoms with Crippen molar-refractivity contribution in [2.45, 2.75) is 32.6 Å². The van der Waals surface area contributed by atoms with E-state index in [-0.39, 0.29) is 0 Å². The highest BCUT2D eigenvalue weighted by Crippen LogP contribution is 2.33. The van der Waals surface area contributed by atoms with Crippen molar-refractivity contribution in [1.82, 2.24) is 0 Å². The maximum absolute atomic E-state index is 3.49. The van der Waals surface area contributed by atoms with Gasteiger partial charge < -0.3 is 0 Å². The molecule has 0 aromatic rings. The molecule has 1 rings (SSSR count). The van der Waals surface area contributed by atoms with Crippen molar-refractivity contribution >= 4 is 15.9 Å². The van der Waals surface area contributed by atoms with Crippen molar-refractivity contribution in [3.05, 3.63) is 0 Å². The van der Waals surface area contributed by atoms with Crippen LogP contribution >= 0.6 is 15.9 Å². The minimum atomic E-state index is 1.00. The molecule has 0 aromatic heterocycles. The van der Waals surface area contributed by atoms with Crippen LogP contribution in [0.15, 0.2) is 0 Å². The van der Waals surface area contributed by atoms with E-state index >= 15 is 0 Å². The second-order valence-corrected chi connectivity index (χ2v) is 3.94. The molecule has 0 saturated heterocycles. The van der Waals surface area contributed by atoms with Crippen molar-refractivity contribution in [1.29, 1.82) is 0 Å². The number of alkyl halides is 1. The predicted molar refractivity (Wildman–Crippen MR) is 44.9 cm³/mol. The van der Waals surface area contributed by atoms with E-state index in [0.29, 0.717) is 0 Å². The van der Waals surface area contributed by atoms with E-state index in [4.69, 9.17) is 0 Å². The van der Waals surface area contributed by atoms with Gasteiger partial charge in [-0.3, -0.25) is 0 Å². The third kappa shape index (κ3) is 1.96. The van der Waals surface area contributed by atoms with Crippen molar-refractivity contribution in [2.75, 3.05) is 5.33 Å². The average Bonchev–Trinajstić information content (AvgIpc) is 2.18. The summed E-state index contributed by atoms with van der Waals surface area (Å²) in [6, 6.07) is 0. The fourth-order valence-electron chi connectivity index (χ4n) is 1.79. The summed E-state index contributed by atoms with van der Waals surface area (Å²) in [4.78, 5) is 0. The van der Waals surface area contributed by atoms with Crippen LogP contribution in [0.25, 0.3) is 0 Å². The van der Waals surface area contributed by atoms with Crippen molar-refractivity contribution in [2.24, 2.45) is 11.8 Å². The Balaban J connectivity index is 2.22. The van der Waals surface area contributed by atoms with Gasteiger partial charge in [-0.1, -0.05) is 42.1 Å². The largest absolute Gasteiger partial charge is 0.0928 e. The Hall–Kier alpha value is 0.480. The number of halogens is 1. The van der Waals surface area contributed by atoms with Gasteiger partial charge in [0.05, 0.1) is 0 Å². The summed E-state index contributed by atoms with van der Waals surface area (Å²) in [6.45, 7) is 2.39. The molecule has 1 saturated carbocycles. The normalized spacial score (nSPS) is 35.3. The van der Waals surface area contributed by atoms with Crippen LogP contribution in [-0.4, -0.2) is 5.33 Å². The van der Waals surface area contributed by atoms with Gasteiger partial charge in [0, 0.05) is 5.33 Å². The van der Waals surface area contributed by atoms with E-state index < -0.39 is 0 Å². The molecule has 0 aromatic carbocycles. The quantitative estimate of drug-likeness (QED) is 0.588. The molecule has 2 unspecified atom stereocenters. The standard InChI is InChI=1S/C8H15Br/c1-7-3-2-4-8(7)5-6-9/h7-8H,2-6H2,1H3. The summed E-state index contributed by atoms with van der Waals surface area (Å²) >= 11 is 3.49. The van der Waals surface area contributed by atoms with Crippen molar-refractivity contribution < 1.29 is 0 Å². The minimum absolute atomic E-state index is 1.00. The summed E-state index contributed by atoms with van der Waals surface area (Å²) < 4.78 is 0. The van der Waals surface area contributed by atoms with Crippen LogP contribution in [0.5, 0.6) is 0 Å². The molecule has 1 fully saturated rings. The van der Waals surface area contributed by atoms with Crippen molar-refractivity contribution in [3.63, 3.8) is 0 Å². The van der Waals surface area contributed by atoms with Crippen molar-refractivity contribution in [3.8, 4) is 0 Å². The van der Waals surface area contributed by atoms with Gasteiger partial charge in [-0.05, 0) is 18.3 Å². The average molecular weight is 191 g/mol. The SMILES string of the molecule is CC1CCCC1CCBr. The fraction of sp³-hybridized carbons (Fsp3) is 1.00. The fourth-order valence-corrected chi connectivity index (χ4v) is 2.38. The highest BCUT2D eigenvalue weighted by Gasteiger charge is 2.21. The number of hydrogen-bond acceptors (Lipinski definition) is 0. The summed E-state index contributed by atoms with van der Waals surface area (Å²) in [5.74, 6) is 2.03. The van der Waals surface area contributed by atoms with E-state index in [9.17, 15) is 0 Å². The Labute approximate surface area is 66.2 Å². The van der Waals surface area contributed by atoms with Gasteiger partial charge >= 0.3 is 0 Å². The lowest BCUT2D eigenvalue weighted by Crippen LogP contribution is -2.03. The predicted octanol–water partition coefficient (Wildman–Crippen LogP) is 3.21. The van der Waals surface area contributed by atoms with Gasteiger partial charge in [0.15, 0.2) is 0 Å². The summed E-state index contributed by atoms with van der Waals surface area (Å²) in [6.07, 6.45) is 5.81. The lowest BCUT2D eigenvalue weighted by molar-refractivity contribution is 0.411. The first-order valence-electron chi connectivity index (χ1n) is 3.90. The molecule has 0 aliphatic heterocycles. The van der Waals surface area contributed by atoms with Crippen LogP contribution in [0.3, 0.4) is 0 Å². The first kappa shape index (κ1) is 7.59.